The summed E-state index contributed by atoms with van der Waals surface area (Å²) in [7, 11) is 0. The zero-order chi connectivity index (χ0) is 14.7. The van der Waals surface area contributed by atoms with E-state index in [9.17, 15) is 14.4 Å². The Hall–Kier alpha value is -2.37. The Labute approximate surface area is 116 Å². The van der Waals surface area contributed by atoms with Crippen LogP contribution in [0.15, 0.2) is 24.3 Å². The van der Waals surface area contributed by atoms with E-state index < -0.39 is 12.0 Å². The van der Waals surface area contributed by atoms with Crippen LogP contribution in [0.3, 0.4) is 0 Å². The summed E-state index contributed by atoms with van der Waals surface area (Å²) in [4.78, 5) is 35.8. The largest absolute Gasteiger partial charge is 0.480 e. The van der Waals surface area contributed by atoms with E-state index in [2.05, 4.69) is 5.32 Å². The SMILES string of the molecule is CC(=O)Nc1cccc(C(=O)N2CCCC2C(=O)O)c1. The van der Waals surface area contributed by atoms with E-state index in [1.807, 2.05) is 0 Å². The van der Waals surface area contributed by atoms with Crippen molar-refractivity contribution >= 4 is 23.5 Å². The molecule has 1 fully saturated rings. The van der Waals surface area contributed by atoms with Crippen molar-refractivity contribution in [1.29, 1.82) is 0 Å². The Balaban J connectivity index is 2.20. The molecule has 2 amide bonds. The van der Waals surface area contributed by atoms with E-state index in [0.717, 1.165) is 0 Å². The Bertz CT molecular complexity index is 556. The van der Waals surface area contributed by atoms with Gasteiger partial charge in [0.05, 0.1) is 0 Å². The van der Waals surface area contributed by atoms with E-state index in [4.69, 9.17) is 5.11 Å². The highest BCUT2D eigenvalue weighted by atomic mass is 16.4. The van der Waals surface area contributed by atoms with Gasteiger partial charge < -0.3 is 15.3 Å². The molecule has 6 nitrogen and oxygen atoms in total. The molecular weight excluding hydrogens is 260 g/mol. The molecule has 2 N–H and O–H groups in total. The van der Waals surface area contributed by atoms with Crippen LogP contribution in [0, 0.1) is 0 Å². The lowest BCUT2D eigenvalue weighted by atomic mass is 10.1. The molecule has 1 aromatic carbocycles. The van der Waals surface area contributed by atoms with Gasteiger partial charge in [-0.05, 0) is 31.0 Å². The lowest BCUT2D eigenvalue weighted by molar-refractivity contribution is -0.141. The van der Waals surface area contributed by atoms with Crippen LogP contribution in [-0.2, 0) is 9.59 Å². The molecule has 1 aliphatic heterocycles. The summed E-state index contributed by atoms with van der Waals surface area (Å²) in [5.74, 6) is -1.52. The summed E-state index contributed by atoms with van der Waals surface area (Å²) in [6.07, 6.45) is 1.17. The highest BCUT2D eigenvalue weighted by Crippen LogP contribution is 2.21. The molecule has 1 aromatic rings. The van der Waals surface area contributed by atoms with E-state index in [1.165, 1.54) is 11.8 Å². The first-order valence-corrected chi connectivity index (χ1v) is 6.40. The van der Waals surface area contributed by atoms with Gasteiger partial charge in [-0.2, -0.15) is 0 Å². The zero-order valence-corrected chi connectivity index (χ0v) is 11.1. The van der Waals surface area contributed by atoms with Crippen molar-refractivity contribution in [2.45, 2.75) is 25.8 Å². The van der Waals surface area contributed by atoms with Crippen molar-refractivity contribution in [3.63, 3.8) is 0 Å². The predicted octanol–water partition coefficient (Wildman–Crippen LogP) is 1.33. The number of aliphatic carboxylic acids is 1. The van der Waals surface area contributed by atoms with Crippen LogP contribution in [-0.4, -0.2) is 40.4 Å². The molecule has 0 aliphatic carbocycles. The van der Waals surface area contributed by atoms with Crippen LogP contribution in [0.2, 0.25) is 0 Å². The second kappa shape index (κ2) is 5.73. The minimum absolute atomic E-state index is 0.223. The normalized spacial score (nSPS) is 17.9. The molecular formula is C14H16N2O4. The number of carbonyl (C=O) groups excluding carboxylic acids is 2. The van der Waals surface area contributed by atoms with E-state index in [1.54, 1.807) is 24.3 Å². The molecule has 0 saturated carbocycles. The van der Waals surface area contributed by atoms with E-state index >= 15 is 0 Å². The average molecular weight is 276 g/mol. The van der Waals surface area contributed by atoms with Gasteiger partial charge in [0.25, 0.3) is 5.91 Å². The fourth-order valence-electron chi connectivity index (χ4n) is 2.37. The third-order valence-electron chi connectivity index (χ3n) is 3.23. The average Bonchev–Trinajstić information content (AvgIpc) is 2.86. The van der Waals surface area contributed by atoms with Crippen LogP contribution in [0.25, 0.3) is 0 Å². The summed E-state index contributed by atoms with van der Waals surface area (Å²) in [6.45, 7) is 1.83. The number of anilines is 1. The highest BCUT2D eigenvalue weighted by Gasteiger charge is 2.34. The number of benzene rings is 1. The Kier molecular flexibility index (Phi) is 4.02. The van der Waals surface area contributed by atoms with Crippen molar-refractivity contribution in [1.82, 2.24) is 4.90 Å². The molecule has 0 spiro atoms. The van der Waals surface area contributed by atoms with Crippen LogP contribution in [0.4, 0.5) is 5.69 Å². The Morgan fingerprint density at radius 2 is 2.10 bits per heavy atom. The standard InChI is InChI=1S/C14H16N2O4/c1-9(17)15-11-5-2-4-10(8-11)13(18)16-7-3-6-12(16)14(19)20/h2,4-5,8,12H,3,6-7H2,1H3,(H,15,17)(H,19,20). The molecule has 6 heteroatoms. The van der Waals surface area contributed by atoms with Gasteiger partial charge in [-0.15, -0.1) is 0 Å². The van der Waals surface area contributed by atoms with Crippen LogP contribution in [0.1, 0.15) is 30.1 Å². The molecule has 2 rings (SSSR count). The maximum Gasteiger partial charge on any atom is 0.326 e. The maximum atomic E-state index is 12.3. The third-order valence-corrected chi connectivity index (χ3v) is 3.23. The number of hydrogen-bond donors (Lipinski definition) is 2. The first-order chi connectivity index (χ1) is 9.49. The number of carboxylic acid groups (broad SMARTS) is 1. The molecule has 106 valence electrons. The third kappa shape index (κ3) is 2.96. The molecule has 1 saturated heterocycles. The van der Waals surface area contributed by atoms with Gasteiger partial charge in [0, 0.05) is 24.7 Å². The fourth-order valence-corrected chi connectivity index (χ4v) is 2.37. The summed E-state index contributed by atoms with van der Waals surface area (Å²) < 4.78 is 0. The molecule has 20 heavy (non-hydrogen) atoms. The number of nitrogens with zero attached hydrogens (tertiary/aromatic N) is 1. The van der Waals surface area contributed by atoms with Gasteiger partial charge >= 0.3 is 5.97 Å². The van der Waals surface area contributed by atoms with Crippen molar-refractivity contribution in [2.75, 3.05) is 11.9 Å². The second-order valence-electron chi connectivity index (χ2n) is 4.76. The van der Waals surface area contributed by atoms with Crippen molar-refractivity contribution in [3.8, 4) is 0 Å². The number of likely N-dealkylation sites (tertiary alicyclic amines) is 1. The van der Waals surface area contributed by atoms with Gasteiger partial charge in [0.2, 0.25) is 5.91 Å². The van der Waals surface area contributed by atoms with Crippen LogP contribution >= 0.6 is 0 Å². The quantitative estimate of drug-likeness (QED) is 0.872. The number of rotatable bonds is 3. The van der Waals surface area contributed by atoms with Gasteiger partial charge in [-0.1, -0.05) is 6.07 Å². The van der Waals surface area contributed by atoms with Crippen molar-refractivity contribution < 1.29 is 19.5 Å². The summed E-state index contributed by atoms with van der Waals surface area (Å²) in [5.41, 5.74) is 0.902. The van der Waals surface area contributed by atoms with E-state index in [-0.39, 0.29) is 11.8 Å². The zero-order valence-electron chi connectivity index (χ0n) is 11.1. The van der Waals surface area contributed by atoms with Crippen LogP contribution < -0.4 is 5.32 Å². The van der Waals surface area contributed by atoms with Gasteiger partial charge in [0.1, 0.15) is 6.04 Å². The summed E-state index contributed by atoms with van der Waals surface area (Å²) >= 11 is 0. The van der Waals surface area contributed by atoms with Gasteiger partial charge in [-0.25, -0.2) is 4.79 Å². The number of carboxylic acids is 1. The number of carbonyl (C=O) groups is 3. The van der Waals surface area contributed by atoms with Gasteiger partial charge in [-0.3, -0.25) is 9.59 Å². The monoisotopic (exact) mass is 276 g/mol. The Morgan fingerprint density at radius 1 is 1.35 bits per heavy atom. The lowest BCUT2D eigenvalue weighted by Crippen LogP contribution is -2.40. The molecule has 1 atom stereocenters. The topological polar surface area (TPSA) is 86.7 Å². The minimum Gasteiger partial charge on any atom is -0.480 e. The first kappa shape index (κ1) is 14.0. The Morgan fingerprint density at radius 3 is 2.75 bits per heavy atom. The molecule has 1 unspecified atom stereocenters. The van der Waals surface area contributed by atoms with E-state index in [0.29, 0.717) is 30.6 Å². The first-order valence-electron chi connectivity index (χ1n) is 6.40. The van der Waals surface area contributed by atoms with Crippen LogP contribution in [0.5, 0.6) is 0 Å². The summed E-state index contributed by atoms with van der Waals surface area (Å²) in [6, 6.07) is 5.75. The van der Waals surface area contributed by atoms with Crippen molar-refractivity contribution in [3.05, 3.63) is 29.8 Å². The van der Waals surface area contributed by atoms with Gasteiger partial charge in [0.15, 0.2) is 0 Å². The molecule has 0 aromatic heterocycles. The summed E-state index contributed by atoms with van der Waals surface area (Å²) in [5, 5.41) is 11.7. The molecule has 1 heterocycles. The molecule has 1 aliphatic rings. The highest BCUT2D eigenvalue weighted by molar-refractivity contribution is 5.98. The number of nitrogens with one attached hydrogen (secondary N) is 1. The minimum atomic E-state index is -0.978. The fraction of sp³-hybridized carbons (Fsp3) is 0.357. The lowest BCUT2D eigenvalue weighted by Gasteiger charge is -2.21. The smallest absolute Gasteiger partial charge is 0.326 e. The number of hydrogen-bond acceptors (Lipinski definition) is 3. The molecule has 0 radical (unpaired) electrons. The second-order valence-corrected chi connectivity index (χ2v) is 4.76. The number of amides is 2. The van der Waals surface area contributed by atoms with Crippen molar-refractivity contribution in [2.24, 2.45) is 0 Å². The molecule has 0 bridgehead atoms. The predicted molar refractivity (Wildman–Crippen MR) is 72.4 cm³/mol. The maximum absolute atomic E-state index is 12.3.